The molecule has 2 fully saturated rings. The highest BCUT2D eigenvalue weighted by atomic mass is 32.2. The monoisotopic (exact) mass is 1050 g/mol. The predicted molar refractivity (Wildman–Crippen MR) is 292 cm³/mol. The molecule has 0 bridgehead atoms. The Morgan fingerprint density at radius 3 is 1.54 bits per heavy atom. The van der Waals surface area contributed by atoms with Crippen molar-refractivity contribution in [3.63, 3.8) is 0 Å². The number of halogens is 2. The molecule has 2 saturated heterocycles. The number of nitriles is 1. The van der Waals surface area contributed by atoms with Crippen LogP contribution in [0.5, 0.6) is 34.5 Å². The van der Waals surface area contributed by atoms with E-state index < -0.39 is 45.2 Å². The molecular weight excluding hydrogens is 985 g/mol. The summed E-state index contributed by atoms with van der Waals surface area (Å²) in [4.78, 5) is 5.12. The number of allylic oxidation sites excluding steroid dienone is 2. The van der Waals surface area contributed by atoms with Gasteiger partial charge in [0.15, 0.2) is 33.0 Å². The molecule has 0 saturated carbocycles. The van der Waals surface area contributed by atoms with E-state index in [1.54, 1.807) is 50.2 Å². The van der Waals surface area contributed by atoms with Gasteiger partial charge in [-0.05, 0) is 166 Å². The highest BCUT2D eigenvalue weighted by Gasteiger charge is 2.35. The van der Waals surface area contributed by atoms with Crippen molar-refractivity contribution in [1.82, 2.24) is 9.80 Å². The maximum Gasteiger partial charge on any atom is 0.176 e. The van der Waals surface area contributed by atoms with Crippen LogP contribution in [0.4, 0.5) is 8.78 Å². The Hall–Kier alpha value is -7.18. The molecule has 76 heavy (non-hydrogen) atoms. The van der Waals surface area contributed by atoms with Crippen molar-refractivity contribution >= 4 is 32.1 Å². The van der Waals surface area contributed by atoms with Crippen molar-refractivity contribution in [3.8, 4) is 40.6 Å². The Labute approximate surface area is 445 Å². The number of ether oxygens (including phenoxy) is 4. The van der Waals surface area contributed by atoms with Gasteiger partial charge in [0.1, 0.15) is 48.4 Å². The molecule has 10 rings (SSSR count). The normalized spacial score (nSPS) is 20.3. The Morgan fingerprint density at radius 2 is 1.11 bits per heavy atom. The van der Waals surface area contributed by atoms with E-state index in [-0.39, 0.29) is 16.0 Å². The molecule has 4 heterocycles. The standard InChI is InChI=1S/C31H31FN2O3.C31H34FNO5S/c1-19-14-15-34(17-19)20(2)18-36-24-10-8-22(9-11-24)31-28(25-7-5-4-6-23(25)16-33)21(3)29-27(37-31)13-12-26(35)30(29)32;1-19-15-16-33(17-19)20(2)18-37-24-9-5-23(6-10-24)31-28(22-7-11-25(12-8-22)39(4,35)36)21(3)29-27(38-31)14-13-26(34)30(29)32/h4-13,19-20,31,35H,14-15,17-18H2,1-3H3;5-14,19-20,31,34H,15-18H2,1-4H3/t2*19-,20+,31?/m11/s1. The maximum absolute atomic E-state index is 15.0. The number of phenolic OH excluding ortho intramolecular Hbond substituents is 2. The molecule has 396 valence electrons. The summed E-state index contributed by atoms with van der Waals surface area (Å²) in [7, 11) is -3.37. The van der Waals surface area contributed by atoms with E-state index in [4.69, 9.17) is 18.9 Å². The van der Waals surface area contributed by atoms with Crippen molar-refractivity contribution in [1.29, 1.82) is 5.26 Å². The summed E-state index contributed by atoms with van der Waals surface area (Å²) in [5, 5.41) is 29.8. The second-order valence-electron chi connectivity index (χ2n) is 20.8. The number of benzene rings is 6. The van der Waals surface area contributed by atoms with Crippen molar-refractivity contribution in [3.05, 3.63) is 172 Å². The van der Waals surface area contributed by atoms with Crippen LogP contribution in [0.1, 0.15) is 106 Å². The minimum absolute atomic E-state index is 0.193. The average molecular weight is 1050 g/mol. The SMILES string of the molecule is CC1=C(c2ccc(S(C)(=O)=O)cc2)C(c2ccc(OC[C@H](C)N3CC[C@@H](C)C3)cc2)Oc2ccc(O)c(F)c21.CC1=C(c2ccccc2C#N)C(c2ccc(OC[C@H](C)N3CC[C@@H](C)C3)cc2)Oc2ccc(O)c(F)c21. The number of sulfone groups is 1. The first-order chi connectivity index (χ1) is 36.4. The number of nitrogens with zero attached hydrogens (tertiary/aromatic N) is 3. The quantitative estimate of drug-likeness (QED) is 0.114. The third-order valence-electron chi connectivity index (χ3n) is 15.2. The van der Waals surface area contributed by atoms with E-state index in [1.165, 1.54) is 37.1 Å². The third-order valence-corrected chi connectivity index (χ3v) is 16.3. The van der Waals surface area contributed by atoms with Crippen molar-refractivity contribution in [2.24, 2.45) is 11.8 Å². The van der Waals surface area contributed by atoms with E-state index in [0.29, 0.717) is 75.8 Å². The van der Waals surface area contributed by atoms with Crippen LogP contribution in [0.25, 0.3) is 22.3 Å². The minimum atomic E-state index is -3.37. The molecule has 0 spiro atoms. The largest absolute Gasteiger partial charge is 0.505 e. The summed E-state index contributed by atoms with van der Waals surface area (Å²) in [5.41, 5.74) is 6.56. The molecule has 4 aliphatic rings. The van der Waals surface area contributed by atoms with Crippen LogP contribution in [-0.4, -0.2) is 86.2 Å². The van der Waals surface area contributed by atoms with Crippen LogP contribution in [-0.2, 0) is 9.84 Å². The lowest BCUT2D eigenvalue weighted by atomic mass is 9.84. The van der Waals surface area contributed by atoms with Gasteiger partial charge in [-0.2, -0.15) is 5.26 Å². The van der Waals surface area contributed by atoms with Crippen LogP contribution in [0.3, 0.4) is 0 Å². The lowest BCUT2D eigenvalue weighted by Gasteiger charge is -2.31. The molecular formula is C62H65F2N3O8S. The van der Waals surface area contributed by atoms with Crippen molar-refractivity contribution in [2.75, 3.05) is 45.6 Å². The Morgan fingerprint density at radius 1 is 0.658 bits per heavy atom. The van der Waals surface area contributed by atoms with Crippen LogP contribution >= 0.6 is 0 Å². The molecule has 11 nitrogen and oxygen atoms in total. The maximum atomic E-state index is 15.0. The lowest BCUT2D eigenvalue weighted by Crippen LogP contribution is -2.35. The zero-order valence-corrected chi connectivity index (χ0v) is 44.8. The third kappa shape index (κ3) is 11.3. The molecule has 2 unspecified atom stereocenters. The van der Waals surface area contributed by atoms with Crippen LogP contribution in [0.15, 0.2) is 126 Å². The van der Waals surface area contributed by atoms with Gasteiger partial charge < -0.3 is 29.2 Å². The average Bonchev–Trinajstić information content (AvgIpc) is 4.13. The van der Waals surface area contributed by atoms with E-state index in [1.807, 2.05) is 60.7 Å². The molecule has 0 aromatic heterocycles. The molecule has 0 radical (unpaired) electrons. The molecule has 0 amide bonds. The van der Waals surface area contributed by atoms with E-state index in [9.17, 15) is 23.9 Å². The summed E-state index contributed by atoms with van der Waals surface area (Å²) in [6, 6.07) is 37.8. The minimum Gasteiger partial charge on any atom is -0.505 e. The van der Waals surface area contributed by atoms with Gasteiger partial charge in [0.05, 0.1) is 27.7 Å². The van der Waals surface area contributed by atoms with Gasteiger partial charge in [0, 0.05) is 42.6 Å². The van der Waals surface area contributed by atoms with Gasteiger partial charge >= 0.3 is 0 Å². The van der Waals surface area contributed by atoms with Crippen molar-refractivity contribution in [2.45, 2.75) is 83.6 Å². The summed E-state index contributed by atoms with van der Waals surface area (Å²) < 4.78 is 78.9. The molecule has 14 heteroatoms. The smallest absolute Gasteiger partial charge is 0.176 e. The number of likely N-dealkylation sites (tertiary alicyclic amines) is 2. The Bertz CT molecular complexity index is 3320. The zero-order chi connectivity index (χ0) is 54.0. The number of fused-ring (bicyclic) bond motifs is 2. The Balaban J connectivity index is 0.000000186. The van der Waals surface area contributed by atoms with Gasteiger partial charge in [-0.1, -0.05) is 68.4 Å². The summed E-state index contributed by atoms with van der Waals surface area (Å²) in [6.45, 7) is 18.2. The topological polar surface area (TPSA) is 142 Å². The van der Waals surface area contributed by atoms with Gasteiger partial charge in [-0.3, -0.25) is 9.80 Å². The van der Waals surface area contributed by atoms with Gasteiger partial charge in [0.25, 0.3) is 0 Å². The van der Waals surface area contributed by atoms with Crippen LogP contribution < -0.4 is 18.9 Å². The van der Waals surface area contributed by atoms with Crippen LogP contribution in [0, 0.1) is 34.8 Å². The van der Waals surface area contributed by atoms with Gasteiger partial charge in [-0.15, -0.1) is 0 Å². The fourth-order valence-corrected chi connectivity index (χ4v) is 11.4. The first-order valence-corrected chi connectivity index (χ1v) is 27.8. The number of hydrogen-bond donors (Lipinski definition) is 2. The predicted octanol–water partition coefficient (Wildman–Crippen LogP) is 12.7. The number of hydrogen-bond acceptors (Lipinski definition) is 11. The Kier molecular flexibility index (Phi) is 15.9. The fourth-order valence-electron chi connectivity index (χ4n) is 10.8. The zero-order valence-electron chi connectivity index (χ0n) is 44.0. The first-order valence-electron chi connectivity index (χ1n) is 25.9. The molecule has 4 aliphatic heterocycles. The first kappa shape index (κ1) is 53.6. The number of rotatable bonds is 13. The van der Waals surface area contributed by atoms with Crippen LogP contribution in [0.2, 0.25) is 0 Å². The highest BCUT2D eigenvalue weighted by molar-refractivity contribution is 7.90. The second kappa shape index (κ2) is 22.6. The molecule has 6 aromatic carbocycles. The molecule has 6 atom stereocenters. The second-order valence-corrected chi connectivity index (χ2v) is 22.8. The van der Waals surface area contributed by atoms with Gasteiger partial charge in [0.2, 0.25) is 0 Å². The van der Waals surface area contributed by atoms with E-state index in [2.05, 4.69) is 43.6 Å². The number of phenols is 2. The molecule has 2 N–H and O–H groups in total. The van der Waals surface area contributed by atoms with E-state index >= 15 is 8.78 Å². The van der Waals surface area contributed by atoms with Gasteiger partial charge in [-0.25, -0.2) is 17.2 Å². The lowest BCUT2D eigenvalue weighted by molar-refractivity contribution is 0.169. The highest BCUT2D eigenvalue weighted by Crippen LogP contribution is 2.51. The molecule has 6 aromatic rings. The van der Waals surface area contributed by atoms with E-state index in [0.717, 1.165) is 66.9 Å². The summed E-state index contributed by atoms with van der Waals surface area (Å²) in [5.74, 6) is 1.29. The molecule has 0 aliphatic carbocycles. The fraction of sp³-hybridized carbons (Fsp3) is 0.339. The van der Waals surface area contributed by atoms with Crippen molar-refractivity contribution < 1.29 is 46.4 Å². The summed E-state index contributed by atoms with van der Waals surface area (Å²) >= 11 is 0. The number of aromatic hydroxyl groups is 2. The summed E-state index contributed by atoms with van der Waals surface area (Å²) in [6.07, 6.45) is 2.47.